The standard InChI is InChI=1S/C10H12N6O/c1-15-9(2-3-12-15)10(17)8-6-16(14-13-8)7-4-11-5-7/h2-3,6-7,11H,4-5H2,1H3. The molecule has 0 aliphatic carbocycles. The van der Waals surface area contributed by atoms with Gasteiger partial charge in [-0.25, -0.2) is 4.68 Å². The van der Waals surface area contributed by atoms with Crippen molar-refractivity contribution in [2.24, 2.45) is 7.05 Å². The summed E-state index contributed by atoms with van der Waals surface area (Å²) in [6, 6.07) is 1.99. The van der Waals surface area contributed by atoms with Crippen molar-refractivity contribution in [1.29, 1.82) is 0 Å². The van der Waals surface area contributed by atoms with E-state index >= 15 is 0 Å². The molecule has 1 N–H and O–H groups in total. The number of nitrogens with zero attached hydrogens (tertiary/aromatic N) is 5. The summed E-state index contributed by atoms with van der Waals surface area (Å²) in [6.07, 6.45) is 3.29. The fourth-order valence-electron chi connectivity index (χ4n) is 1.75. The summed E-state index contributed by atoms with van der Waals surface area (Å²) in [5, 5.41) is 15.0. The Morgan fingerprint density at radius 2 is 2.35 bits per heavy atom. The smallest absolute Gasteiger partial charge is 0.232 e. The minimum atomic E-state index is -0.150. The SMILES string of the molecule is Cn1nccc1C(=O)c1cn(C2CNC2)nn1. The zero-order valence-electron chi connectivity index (χ0n) is 9.37. The fraction of sp³-hybridized carbons (Fsp3) is 0.400. The summed E-state index contributed by atoms with van der Waals surface area (Å²) in [6.45, 7) is 1.76. The quantitative estimate of drug-likeness (QED) is 0.714. The maximum absolute atomic E-state index is 12.1. The van der Waals surface area contributed by atoms with Gasteiger partial charge in [0.05, 0.1) is 12.2 Å². The normalized spacial score (nSPS) is 15.8. The van der Waals surface area contributed by atoms with Crippen molar-refractivity contribution in [1.82, 2.24) is 30.1 Å². The van der Waals surface area contributed by atoms with Crippen molar-refractivity contribution in [3.63, 3.8) is 0 Å². The molecule has 0 unspecified atom stereocenters. The summed E-state index contributed by atoms with van der Waals surface area (Å²) in [5.74, 6) is -0.150. The van der Waals surface area contributed by atoms with Crippen molar-refractivity contribution in [2.75, 3.05) is 13.1 Å². The van der Waals surface area contributed by atoms with Gasteiger partial charge in [0, 0.05) is 26.3 Å². The molecule has 0 amide bonds. The summed E-state index contributed by atoms with van der Waals surface area (Å²) in [4.78, 5) is 12.1. The van der Waals surface area contributed by atoms with Gasteiger partial charge in [-0.1, -0.05) is 5.21 Å². The topological polar surface area (TPSA) is 77.6 Å². The lowest BCUT2D eigenvalue weighted by molar-refractivity contribution is 0.102. The molecule has 0 spiro atoms. The Morgan fingerprint density at radius 1 is 1.53 bits per heavy atom. The lowest BCUT2D eigenvalue weighted by Crippen LogP contribution is -2.43. The Balaban J connectivity index is 1.86. The monoisotopic (exact) mass is 232 g/mol. The number of aryl methyl sites for hydroxylation is 1. The number of hydrogen-bond donors (Lipinski definition) is 1. The van der Waals surface area contributed by atoms with E-state index < -0.39 is 0 Å². The van der Waals surface area contributed by atoms with Crippen LogP contribution < -0.4 is 5.32 Å². The van der Waals surface area contributed by atoms with Crippen LogP contribution in [-0.2, 0) is 7.05 Å². The number of aromatic nitrogens is 5. The molecular formula is C10H12N6O. The van der Waals surface area contributed by atoms with Crippen LogP contribution in [0.25, 0.3) is 0 Å². The van der Waals surface area contributed by atoms with Crippen LogP contribution >= 0.6 is 0 Å². The zero-order chi connectivity index (χ0) is 11.8. The lowest BCUT2D eigenvalue weighted by Gasteiger charge is -2.26. The third-order valence-corrected chi connectivity index (χ3v) is 2.93. The highest BCUT2D eigenvalue weighted by Gasteiger charge is 2.22. The van der Waals surface area contributed by atoms with Crippen molar-refractivity contribution in [3.05, 3.63) is 29.8 Å². The lowest BCUT2D eigenvalue weighted by atomic mass is 10.2. The van der Waals surface area contributed by atoms with Crippen LogP contribution in [0.5, 0.6) is 0 Å². The van der Waals surface area contributed by atoms with Gasteiger partial charge in [-0.2, -0.15) is 5.10 Å². The van der Waals surface area contributed by atoms with Gasteiger partial charge in [0.15, 0.2) is 5.69 Å². The Hall–Kier alpha value is -2.02. The molecule has 1 aliphatic heterocycles. The summed E-state index contributed by atoms with van der Waals surface area (Å²) in [5.41, 5.74) is 0.879. The molecule has 88 valence electrons. The molecule has 7 nitrogen and oxygen atoms in total. The number of nitrogens with one attached hydrogen (secondary N) is 1. The second-order valence-electron chi connectivity index (χ2n) is 4.07. The van der Waals surface area contributed by atoms with Crippen LogP contribution in [-0.4, -0.2) is 43.6 Å². The van der Waals surface area contributed by atoms with E-state index in [2.05, 4.69) is 20.7 Å². The summed E-state index contributed by atoms with van der Waals surface area (Å²) < 4.78 is 3.27. The minimum Gasteiger partial charge on any atom is -0.312 e. The molecule has 17 heavy (non-hydrogen) atoms. The molecule has 3 heterocycles. The van der Waals surface area contributed by atoms with E-state index in [9.17, 15) is 4.79 Å². The van der Waals surface area contributed by atoms with Gasteiger partial charge in [0.1, 0.15) is 5.69 Å². The second kappa shape index (κ2) is 3.77. The maximum atomic E-state index is 12.1. The molecular weight excluding hydrogens is 220 g/mol. The molecule has 7 heteroatoms. The maximum Gasteiger partial charge on any atom is 0.232 e. The van der Waals surface area contributed by atoms with Crippen molar-refractivity contribution in [3.8, 4) is 0 Å². The predicted molar refractivity (Wildman–Crippen MR) is 58.6 cm³/mol. The van der Waals surface area contributed by atoms with E-state index in [4.69, 9.17) is 0 Å². The van der Waals surface area contributed by atoms with Gasteiger partial charge < -0.3 is 5.32 Å². The zero-order valence-corrected chi connectivity index (χ0v) is 9.37. The second-order valence-corrected chi connectivity index (χ2v) is 4.07. The molecule has 2 aromatic heterocycles. The van der Waals surface area contributed by atoms with Crippen molar-refractivity contribution < 1.29 is 4.79 Å². The molecule has 1 saturated heterocycles. The first kappa shape index (κ1) is 10.2. The third-order valence-electron chi connectivity index (χ3n) is 2.93. The Bertz CT molecular complexity index is 553. The van der Waals surface area contributed by atoms with Gasteiger partial charge in [0.25, 0.3) is 0 Å². The van der Waals surface area contributed by atoms with Crippen LogP contribution in [0, 0.1) is 0 Å². The highest BCUT2D eigenvalue weighted by Crippen LogP contribution is 2.12. The van der Waals surface area contributed by atoms with E-state index in [0.29, 0.717) is 17.4 Å². The van der Waals surface area contributed by atoms with Crippen LogP contribution in [0.2, 0.25) is 0 Å². The first-order valence-corrected chi connectivity index (χ1v) is 5.41. The molecule has 3 rings (SSSR count). The number of carbonyl (C=O) groups excluding carboxylic acids is 1. The fourth-order valence-corrected chi connectivity index (χ4v) is 1.75. The van der Waals surface area contributed by atoms with Gasteiger partial charge in [-0.15, -0.1) is 5.10 Å². The first-order chi connectivity index (χ1) is 8.25. The minimum absolute atomic E-state index is 0.150. The average molecular weight is 232 g/mol. The number of rotatable bonds is 3. The molecule has 0 radical (unpaired) electrons. The van der Waals surface area contributed by atoms with E-state index in [-0.39, 0.29) is 5.78 Å². The number of carbonyl (C=O) groups is 1. The Labute approximate surface area is 97.4 Å². The van der Waals surface area contributed by atoms with Crippen molar-refractivity contribution in [2.45, 2.75) is 6.04 Å². The third kappa shape index (κ3) is 1.64. The first-order valence-electron chi connectivity index (χ1n) is 5.41. The Morgan fingerprint density at radius 3 is 2.94 bits per heavy atom. The molecule has 0 bridgehead atoms. The largest absolute Gasteiger partial charge is 0.312 e. The van der Waals surface area contributed by atoms with Gasteiger partial charge in [-0.05, 0) is 6.07 Å². The molecule has 0 saturated carbocycles. The Kier molecular flexibility index (Phi) is 2.25. The summed E-state index contributed by atoms with van der Waals surface area (Å²) in [7, 11) is 1.73. The molecule has 2 aromatic rings. The van der Waals surface area contributed by atoms with Gasteiger partial charge >= 0.3 is 0 Å². The van der Waals surface area contributed by atoms with Gasteiger partial charge in [-0.3, -0.25) is 9.48 Å². The van der Waals surface area contributed by atoms with E-state index in [0.717, 1.165) is 13.1 Å². The van der Waals surface area contributed by atoms with Crippen LogP contribution in [0.4, 0.5) is 0 Å². The highest BCUT2D eigenvalue weighted by atomic mass is 16.1. The average Bonchev–Trinajstić information content (AvgIpc) is 2.84. The molecule has 0 aromatic carbocycles. The number of ketones is 1. The van der Waals surface area contributed by atoms with Gasteiger partial charge in [0.2, 0.25) is 5.78 Å². The number of hydrogen-bond acceptors (Lipinski definition) is 5. The predicted octanol–water partition coefficient (Wildman–Crippen LogP) is -0.613. The molecule has 0 atom stereocenters. The van der Waals surface area contributed by atoms with Crippen LogP contribution in [0.1, 0.15) is 22.2 Å². The highest BCUT2D eigenvalue weighted by molar-refractivity contribution is 6.06. The van der Waals surface area contributed by atoms with Crippen LogP contribution in [0.15, 0.2) is 18.5 Å². The summed E-state index contributed by atoms with van der Waals surface area (Å²) >= 11 is 0. The van der Waals surface area contributed by atoms with Crippen molar-refractivity contribution >= 4 is 5.78 Å². The molecule has 1 aliphatic rings. The van der Waals surface area contributed by atoms with Crippen LogP contribution in [0.3, 0.4) is 0 Å². The molecule has 1 fully saturated rings. The van der Waals surface area contributed by atoms with E-state index in [1.807, 2.05) is 0 Å². The van der Waals surface area contributed by atoms with E-state index in [1.54, 1.807) is 30.2 Å². The van der Waals surface area contributed by atoms with E-state index in [1.165, 1.54) is 4.68 Å².